The molecule has 1 fully saturated rings. The van der Waals surface area contributed by atoms with Crippen molar-refractivity contribution in [3.8, 4) is 0 Å². The molecule has 29 heavy (non-hydrogen) atoms. The van der Waals surface area contributed by atoms with E-state index in [1.807, 2.05) is 67.7 Å². The largest absolute Gasteiger partial charge is 0.378 e. The van der Waals surface area contributed by atoms with E-state index in [2.05, 4.69) is 5.32 Å². The highest BCUT2D eigenvalue weighted by atomic mass is 32.2. The zero-order chi connectivity index (χ0) is 21.0. The van der Waals surface area contributed by atoms with E-state index >= 15 is 0 Å². The van der Waals surface area contributed by atoms with Crippen LogP contribution in [0.2, 0.25) is 0 Å². The van der Waals surface area contributed by atoms with Gasteiger partial charge in [0.2, 0.25) is 5.91 Å². The smallest absolute Gasteiger partial charge is 0.294 e. The van der Waals surface area contributed by atoms with E-state index in [9.17, 15) is 14.4 Å². The SMILES string of the molecule is CSc1cccc(NC(=O)CN2C(=O)S/C(=C/c3ccc(N(C)C)cc3)C2=O)c1. The Kier molecular flexibility index (Phi) is 6.66. The van der Waals surface area contributed by atoms with Crippen LogP contribution in [0, 0.1) is 0 Å². The van der Waals surface area contributed by atoms with Gasteiger partial charge < -0.3 is 10.2 Å². The minimum absolute atomic E-state index is 0.310. The molecular formula is C21H21N3O3S2. The van der Waals surface area contributed by atoms with Crippen molar-refractivity contribution in [1.29, 1.82) is 0 Å². The molecule has 0 aromatic heterocycles. The number of nitrogens with zero attached hydrogens (tertiary/aromatic N) is 2. The molecule has 1 saturated heterocycles. The summed E-state index contributed by atoms with van der Waals surface area (Å²) in [5, 5.41) is 2.29. The van der Waals surface area contributed by atoms with Crippen LogP contribution in [0.4, 0.5) is 16.2 Å². The third kappa shape index (κ3) is 5.21. The molecule has 8 heteroatoms. The molecule has 2 aromatic rings. The number of rotatable bonds is 6. The Morgan fingerprint density at radius 2 is 1.90 bits per heavy atom. The minimum atomic E-state index is -0.454. The van der Waals surface area contributed by atoms with Gasteiger partial charge in [-0.15, -0.1) is 11.8 Å². The Hall–Kier alpha value is -2.71. The molecule has 0 bridgehead atoms. The molecule has 150 valence electrons. The standard InChI is InChI=1S/C21H21N3O3S2/c1-23(2)16-9-7-14(8-10-16)11-18-20(26)24(21(27)29-18)13-19(25)22-15-5-4-6-17(12-15)28-3/h4-12H,13H2,1-3H3,(H,22,25)/b18-11+. The maximum absolute atomic E-state index is 12.6. The summed E-state index contributed by atoms with van der Waals surface area (Å²) in [6, 6.07) is 15.0. The summed E-state index contributed by atoms with van der Waals surface area (Å²) in [7, 11) is 3.89. The van der Waals surface area contributed by atoms with Crippen molar-refractivity contribution in [3.05, 3.63) is 59.0 Å². The first-order chi connectivity index (χ1) is 13.9. The van der Waals surface area contributed by atoms with Crippen molar-refractivity contribution in [2.45, 2.75) is 4.90 Å². The third-order valence-corrected chi connectivity index (χ3v) is 5.87. The lowest BCUT2D eigenvalue weighted by Gasteiger charge is -2.13. The van der Waals surface area contributed by atoms with Crippen LogP contribution in [0.15, 0.2) is 58.3 Å². The van der Waals surface area contributed by atoms with Gasteiger partial charge in [-0.3, -0.25) is 19.3 Å². The van der Waals surface area contributed by atoms with Crippen LogP contribution in [0.25, 0.3) is 6.08 Å². The van der Waals surface area contributed by atoms with Gasteiger partial charge in [0.05, 0.1) is 4.91 Å². The zero-order valence-electron chi connectivity index (χ0n) is 16.3. The van der Waals surface area contributed by atoms with Gasteiger partial charge >= 0.3 is 0 Å². The number of carbonyl (C=O) groups is 3. The number of amides is 3. The molecule has 0 saturated carbocycles. The van der Waals surface area contributed by atoms with Gasteiger partial charge in [-0.25, -0.2) is 0 Å². The van der Waals surface area contributed by atoms with Gasteiger partial charge in [0.25, 0.3) is 11.1 Å². The zero-order valence-corrected chi connectivity index (χ0v) is 18.0. The van der Waals surface area contributed by atoms with Crippen LogP contribution in [0.5, 0.6) is 0 Å². The monoisotopic (exact) mass is 427 g/mol. The van der Waals surface area contributed by atoms with Gasteiger partial charge in [0.1, 0.15) is 6.54 Å². The number of thioether (sulfide) groups is 2. The van der Waals surface area contributed by atoms with E-state index < -0.39 is 17.1 Å². The van der Waals surface area contributed by atoms with E-state index in [1.54, 1.807) is 23.9 Å². The number of hydrogen-bond acceptors (Lipinski definition) is 6. The summed E-state index contributed by atoms with van der Waals surface area (Å²) < 4.78 is 0. The van der Waals surface area contributed by atoms with E-state index in [0.717, 1.165) is 32.8 Å². The van der Waals surface area contributed by atoms with Crippen LogP contribution in [0.3, 0.4) is 0 Å². The van der Waals surface area contributed by atoms with Crippen molar-refractivity contribution in [2.75, 3.05) is 37.1 Å². The molecule has 0 atom stereocenters. The Labute approximate surface area is 178 Å². The van der Waals surface area contributed by atoms with Crippen molar-refractivity contribution in [3.63, 3.8) is 0 Å². The summed E-state index contributed by atoms with van der Waals surface area (Å²) >= 11 is 2.41. The maximum atomic E-state index is 12.6. The second-order valence-corrected chi connectivity index (χ2v) is 8.41. The fourth-order valence-corrected chi connectivity index (χ4v) is 4.00. The number of carbonyl (C=O) groups excluding carboxylic acids is 3. The molecule has 3 amide bonds. The summed E-state index contributed by atoms with van der Waals surface area (Å²) in [5.41, 5.74) is 2.49. The van der Waals surface area contributed by atoms with Gasteiger partial charge in [-0.2, -0.15) is 0 Å². The van der Waals surface area contributed by atoms with E-state index in [-0.39, 0.29) is 6.54 Å². The highest BCUT2D eigenvalue weighted by Crippen LogP contribution is 2.32. The van der Waals surface area contributed by atoms with E-state index in [0.29, 0.717) is 10.6 Å². The molecule has 3 rings (SSSR count). The average Bonchev–Trinajstić information content (AvgIpc) is 2.96. The average molecular weight is 428 g/mol. The molecule has 0 spiro atoms. The van der Waals surface area contributed by atoms with Gasteiger partial charge in [0, 0.05) is 30.4 Å². The molecule has 1 aliphatic heterocycles. The van der Waals surface area contributed by atoms with Gasteiger partial charge in [-0.05, 0) is 60.0 Å². The normalized spacial score (nSPS) is 15.1. The fraction of sp³-hybridized carbons (Fsp3) is 0.190. The summed E-state index contributed by atoms with van der Waals surface area (Å²) in [6.07, 6.45) is 3.62. The minimum Gasteiger partial charge on any atom is -0.378 e. The molecule has 6 nitrogen and oxygen atoms in total. The van der Waals surface area contributed by atoms with Crippen LogP contribution >= 0.6 is 23.5 Å². The summed E-state index contributed by atoms with van der Waals surface area (Å²) in [6.45, 7) is -0.314. The first kappa shape index (κ1) is 21.0. The van der Waals surface area contributed by atoms with Crippen molar-refractivity contribution in [1.82, 2.24) is 4.90 Å². The maximum Gasteiger partial charge on any atom is 0.294 e. The van der Waals surface area contributed by atoms with Gasteiger partial charge in [0.15, 0.2) is 0 Å². The molecule has 0 unspecified atom stereocenters. The Morgan fingerprint density at radius 3 is 2.55 bits per heavy atom. The predicted octanol–water partition coefficient (Wildman–Crippen LogP) is 4.15. The highest BCUT2D eigenvalue weighted by Gasteiger charge is 2.36. The molecule has 0 radical (unpaired) electrons. The number of anilines is 2. The molecule has 1 heterocycles. The van der Waals surface area contributed by atoms with E-state index in [1.165, 1.54) is 0 Å². The molecule has 1 N–H and O–H groups in total. The summed E-state index contributed by atoms with van der Waals surface area (Å²) in [5.74, 6) is -0.869. The van der Waals surface area contributed by atoms with Crippen molar-refractivity contribution >= 4 is 58.0 Å². The van der Waals surface area contributed by atoms with Crippen LogP contribution < -0.4 is 10.2 Å². The number of imide groups is 1. The number of nitrogens with one attached hydrogen (secondary N) is 1. The highest BCUT2D eigenvalue weighted by molar-refractivity contribution is 8.18. The third-order valence-electron chi connectivity index (χ3n) is 4.24. The lowest BCUT2D eigenvalue weighted by molar-refractivity contribution is -0.127. The van der Waals surface area contributed by atoms with Crippen molar-refractivity contribution in [2.24, 2.45) is 0 Å². The van der Waals surface area contributed by atoms with Crippen LogP contribution in [0.1, 0.15) is 5.56 Å². The second kappa shape index (κ2) is 9.19. The Balaban J connectivity index is 1.67. The summed E-state index contributed by atoms with van der Waals surface area (Å²) in [4.78, 5) is 41.5. The fourth-order valence-electron chi connectivity index (χ4n) is 2.70. The van der Waals surface area contributed by atoms with Crippen LogP contribution in [-0.2, 0) is 9.59 Å². The number of benzene rings is 2. The lowest BCUT2D eigenvalue weighted by Crippen LogP contribution is -2.36. The second-order valence-electron chi connectivity index (χ2n) is 6.53. The van der Waals surface area contributed by atoms with Gasteiger partial charge in [-0.1, -0.05) is 18.2 Å². The quantitative estimate of drug-likeness (QED) is 0.552. The molecule has 2 aromatic carbocycles. The topological polar surface area (TPSA) is 69.7 Å². The molecular weight excluding hydrogens is 406 g/mol. The number of hydrogen-bond donors (Lipinski definition) is 1. The Bertz CT molecular complexity index is 971. The molecule has 1 aliphatic rings. The predicted molar refractivity (Wildman–Crippen MR) is 120 cm³/mol. The van der Waals surface area contributed by atoms with E-state index in [4.69, 9.17) is 0 Å². The van der Waals surface area contributed by atoms with Crippen LogP contribution in [-0.4, -0.2) is 48.8 Å². The first-order valence-electron chi connectivity index (χ1n) is 8.84. The van der Waals surface area contributed by atoms with Crippen molar-refractivity contribution < 1.29 is 14.4 Å². The molecule has 0 aliphatic carbocycles. The Morgan fingerprint density at radius 1 is 1.17 bits per heavy atom. The lowest BCUT2D eigenvalue weighted by atomic mass is 10.2. The first-order valence-corrected chi connectivity index (χ1v) is 10.9.